The number of rotatable bonds is 2. The fourth-order valence-electron chi connectivity index (χ4n) is 7.07. The van der Waals surface area contributed by atoms with Crippen molar-refractivity contribution in [2.24, 2.45) is 17.8 Å². The number of hydrogen-bond acceptors (Lipinski definition) is 3. The number of carbonyl (C=O) groups is 1. The van der Waals surface area contributed by atoms with Crippen molar-refractivity contribution in [1.29, 1.82) is 0 Å². The Morgan fingerprint density at radius 3 is 2.47 bits per heavy atom. The molecular weight excluding hydrogens is 386 g/mol. The molecule has 30 heavy (non-hydrogen) atoms. The molecule has 162 valence electrons. The van der Waals surface area contributed by atoms with Gasteiger partial charge in [0.25, 0.3) is 0 Å². The maximum absolute atomic E-state index is 13.8. The van der Waals surface area contributed by atoms with E-state index in [2.05, 4.69) is 69.6 Å². The first-order chi connectivity index (χ1) is 14.1. The van der Waals surface area contributed by atoms with Gasteiger partial charge in [-0.15, -0.1) is 0 Å². The summed E-state index contributed by atoms with van der Waals surface area (Å²) < 4.78 is 6.95. The fraction of sp³-hybridized carbons (Fsp3) is 0.654. The van der Waals surface area contributed by atoms with Gasteiger partial charge in [0.15, 0.2) is 5.78 Å². The van der Waals surface area contributed by atoms with Gasteiger partial charge in [-0.25, -0.2) is 0 Å². The van der Waals surface area contributed by atoms with Gasteiger partial charge < -0.3 is 4.74 Å². The lowest BCUT2D eigenvalue weighted by Gasteiger charge is -2.56. The Kier molecular flexibility index (Phi) is 4.74. The summed E-state index contributed by atoms with van der Waals surface area (Å²) in [6, 6.07) is 10.5. The zero-order valence-corrected chi connectivity index (χ0v) is 20.4. The van der Waals surface area contributed by atoms with E-state index in [0.29, 0.717) is 17.8 Å². The highest BCUT2D eigenvalue weighted by Crippen LogP contribution is 2.56. The van der Waals surface area contributed by atoms with Crippen LogP contribution in [0.2, 0.25) is 19.6 Å². The number of allylic oxidation sites excluding steroid dienone is 1. The number of Topliss-reactive ketones (excluding diaryl/α,β-unsaturated/α-hetero) is 1. The van der Waals surface area contributed by atoms with Crippen LogP contribution >= 0.6 is 0 Å². The zero-order chi connectivity index (χ0) is 21.4. The average molecular weight is 424 g/mol. The molecule has 1 aromatic carbocycles. The van der Waals surface area contributed by atoms with Crippen LogP contribution < -0.4 is 0 Å². The monoisotopic (exact) mass is 423 g/mol. The van der Waals surface area contributed by atoms with Gasteiger partial charge >= 0.3 is 0 Å². The van der Waals surface area contributed by atoms with Crippen molar-refractivity contribution >= 4 is 13.9 Å². The number of ether oxygens (including phenoxy) is 1. The van der Waals surface area contributed by atoms with Gasteiger partial charge in [-0.05, 0) is 48.9 Å². The van der Waals surface area contributed by atoms with Gasteiger partial charge in [-0.3, -0.25) is 9.69 Å². The van der Waals surface area contributed by atoms with Crippen molar-refractivity contribution in [1.82, 2.24) is 4.90 Å². The van der Waals surface area contributed by atoms with Crippen molar-refractivity contribution in [2.75, 3.05) is 6.54 Å². The SMILES string of the molecule is C[C@@H]1CC[C@@H]2[C@@H](C1)O[C@H]1[C@@H]3C(=C([Si](C)(C)C)C(=O)[C@H]3c3ccccc3)CN1C2(C)C. The van der Waals surface area contributed by atoms with E-state index in [9.17, 15) is 4.79 Å². The highest BCUT2D eigenvalue weighted by Gasteiger charge is 2.61. The highest BCUT2D eigenvalue weighted by molar-refractivity contribution is 6.87. The third-order valence-corrected chi connectivity index (χ3v) is 10.6. The Hall–Kier alpha value is -1.23. The highest BCUT2D eigenvalue weighted by atomic mass is 28.3. The van der Waals surface area contributed by atoms with Crippen LogP contribution in [0.25, 0.3) is 0 Å². The largest absolute Gasteiger partial charge is 0.359 e. The number of benzene rings is 1. The minimum Gasteiger partial charge on any atom is -0.359 e. The van der Waals surface area contributed by atoms with Gasteiger partial charge in [-0.1, -0.05) is 63.3 Å². The van der Waals surface area contributed by atoms with E-state index in [1.165, 1.54) is 29.2 Å². The van der Waals surface area contributed by atoms with Gasteiger partial charge in [0, 0.05) is 23.9 Å². The molecule has 0 amide bonds. The Morgan fingerprint density at radius 2 is 1.80 bits per heavy atom. The summed E-state index contributed by atoms with van der Waals surface area (Å²) in [5.74, 6) is 1.81. The topological polar surface area (TPSA) is 29.5 Å². The van der Waals surface area contributed by atoms with E-state index in [1.807, 2.05) is 6.07 Å². The second kappa shape index (κ2) is 6.88. The van der Waals surface area contributed by atoms with Crippen LogP contribution in [0.4, 0.5) is 0 Å². The van der Waals surface area contributed by atoms with Crippen molar-refractivity contribution < 1.29 is 9.53 Å². The van der Waals surface area contributed by atoms with Crippen molar-refractivity contribution in [3.05, 3.63) is 46.7 Å². The molecule has 0 radical (unpaired) electrons. The molecule has 6 atom stereocenters. The summed E-state index contributed by atoms with van der Waals surface area (Å²) in [6.07, 6.45) is 4.09. The van der Waals surface area contributed by atoms with E-state index in [4.69, 9.17) is 4.74 Å². The molecule has 2 aliphatic heterocycles. The van der Waals surface area contributed by atoms with Crippen LogP contribution in [0, 0.1) is 17.8 Å². The average Bonchev–Trinajstić information content (AvgIpc) is 3.15. The first kappa shape index (κ1) is 20.7. The summed E-state index contributed by atoms with van der Waals surface area (Å²) in [4.78, 5) is 16.5. The predicted octanol–water partition coefficient (Wildman–Crippen LogP) is 5.40. The summed E-state index contributed by atoms with van der Waals surface area (Å²) in [5.41, 5.74) is 2.69. The lowest BCUT2D eigenvalue weighted by molar-refractivity contribution is -0.229. The molecule has 2 saturated heterocycles. The Labute approximate surface area is 182 Å². The molecule has 0 aromatic heterocycles. The van der Waals surface area contributed by atoms with Gasteiger partial charge in [-0.2, -0.15) is 0 Å². The van der Waals surface area contributed by atoms with Crippen LogP contribution in [-0.4, -0.2) is 43.2 Å². The lowest BCUT2D eigenvalue weighted by atomic mass is 9.69. The number of hydrogen-bond donors (Lipinski definition) is 0. The molecule has 5 rings (SSSR count). The second-order valence-corrected chi connectivity index (χ2v) is 16.8. The Balaban J connectivity index is 1.62. The standard InChI is InChI=1S/C26H37NO2Si/c1-16-12-13-19-20(14-16)29-25-22-18(15-27(25)26(19,2)3)24(30(4,5)6)23(28)21(22)17-10-8-7-9-11-17/h7-11,16,19-22,25H,12-15H2,1-6H3/t16-,19-,20-,21+,22-,25+/m1/s1. The minimum absolute atomic E-state index is 0.0320. The van der Waals surface area contributed by atoms with Gasteiger partial charge in [0.2, 0.25) is 0 Å². The maximum atomic E-state index is 13.8. The first-order valence-corrected chi connectivity index (χ1v) is 15.4. The van der Waals surface area contributed by atoms with Crippen LogP contribution in [0.5, 0.6) is 0 Å². The lowest BCUT2D eigenvalue weighted by Crippen LogP contribution is -2.63. The van der Waals surface area contributed by atoms with E-state index in [0.717, 1.165) is 18.9 Å². The third-order valence-electron chi connectivity index (χ3n) is 8.49. The molecule has 4 aliphatic rings. The Morgan fingerprint density at radius 1 is 1.10 bits per heavy atom. The number of nitrogens with zero attached hydrogens (tertiary/aromatic N) is 1. The first-order valence-electron chi connectivity index (χ1n) is 11.9. The van der Waals surface area contributed by atoms with Gasteiger partial charge in [0.1, 0.15) is 6.23 Å². The minimum atomic E-state index is -1.76. The van der Waals surface area contributed by atoms with Crippen LogP contribution in [0.15, 0.2) is 41.1 Å². The van der Waals surface area contributed by atoms with E-state index in [1.54, 1.807) is 0 Å². The molecule has 0 bridgehead atoms. The van der Waals surface area contributed by atoms with E-state index >= 15 is 0 Å². The van der Waals surface area contributed by atoms with Crippen LogP contribution in [-0.2, 0) is 9.53 Å². The summed E-state index contributed by atoms with van der Waals surface area (Å²) in [5, 5.41) is 1.20. The smallest absolute Gasteiger partial charge is 0.163 e. The molecule has 0 spiro atoms. The summed E-state index contributed by atoms with van der Waals surface area (Å²) in [6.45, 7) is 15.2. The fourth-order valence-corrected chi connectivity index (χ4v) is 9.18. The molecular formula is C26H37NO2Si. The molecule has 0 N–H and O–H groups in total. The number of ketones is 1. The zero-order valence-electron chi connectivity index (χ0n) is 19.4. The molecule has 4 heteroatoms. The third kappa shape index (κ3) is 2.94. The maximum Gasteiger partial charge on any atom is 0.163 e. The number of carbonyl (C=O) groups excluding carboxylic acids is 1. The van der Waals surface area contributed by atoms with Crippen molar-refractivity contribution in [3.63, 3.8) is 0 Å². The summed E-state index contributed by atoms with van der Waals surface area (Å²) >= 11 is 0. The molecule has 3 nitrogen and oxygen atoms in total. The van der Waals surface area contributed by atoms with Crippen LogP contribution in [0.3, 0.4) is 0 Å². The van der Waals surface area contributed by atoms with E-state index in [-0.39, 0.29) is 23.6 Å². The van der Waals surface area contributed by atoms with Crippen LogP contribution in [0.1, 0.15) is 51.5 Å². The molecule has 1 saturated carbocycles. The Bertz CT molecular complexity index is 884. The molecule has 2 aliphatic carbocycles. The molecule has 3 fully saturated rings. The number of fused-ring (bicyclic) bond motifs is 4. The quantitative estimate of drug-likeness (QED) is 0.597. The van der Waals surface area contributed by atoms with Gasteiger partial charge in [0.05, 0.1) is 20.1 Å². The predicted molar refractivity (Wildman–Crippen MR) is 124 cm³/mol. The second-order valence-electron chi connectivity index (χ2n) is 11.8. The molecule has 1 aromatic rings. The molecule has 2 heterocycles. The van der Waals surface area contributed by atoms with E-state index < -0.39 is 8.07 Å². The normalized spacial score (nSPS) is 38.4. The summed E-state index contributed by atoms with van der Waals surface area (Å²) in [7, 11) is -1.76. The molecule has 0 unspecified atom stereocenters. The van der Waals surface area contributed by atoms with Crippen molar-refractivity contribution in [2.45, 2.75) is 83.5 Å². The van der Waals surface area contributed by atoms with Crippen molar-refractivity contribution in [3.8, 4) is 0 Å².